The van der Waals surface area contributed by atoms with Crippen molar-refractivity contribution < 1.29 is 10.2 Å². The van der Waals surface area contributed by atoms with Gasteiger partial charge in [0.25, 0.3) is 0 Å². The van der Waals surface area contributed by atoms with Gasteiger partial charge in [0.1, 0.15) is 0 Å². The third-order valence-electron chi connectivity index (χ3n) is 3.17. The predicted molar refractivity (Wildman–Crippen MR) is 54.9 cm³/mol. The van der Waals surface area contributed by atoms with Gasteiger partial charge in [-0.15, -0.1) is 0 Å². The molecule has 1 unspecified atom stereocenters. The highest BCUT2D eigenvalue weighted by molar-refractivity contribution is 6.81. The van der Waals surface area contributed by atoms with Crippen molar-refractivity contribution in [3.05, 3.63) is 0 Å². The van der Waals surface area contributed by atoms with Crippen molar-refractivity contribution in [2.24, 2.45) is 0 Å². The van der Waals surface area contributed by atoms with E-state index in [0.717, 1.165) is 0 Å². The molecule has 0 rings (SSSR count). The molecule has 0 aliphatic heterocycles. The monoisotopic (exact) mass is 190 g/mol. The van der Waals surface area contributed by atoms with Crippen molar-refractivity contribution in [2.45, 2.75) is 51.1 Å². The molecule has 0 bridgehead atoms. The van der Waals surface area contributed by atoms with Crippen LogP contribution in [-0.4, -0.2) is 30.6 Å². The van der Waals surface area contributed by atoms with E-state index < -0.39 is 8.07 Å². The van der Waals surface area contributed by atoms with Gasteiger partial charge in [-0.1, -0.05) is 33.9 Å². The highest BCUT2D eigenvalue weighted by Crippen LogP contribution is 2.38. The van der Waals surface area contributed by atoms with Crippen LogP contribution in [0.4, 0.5) is 0 Å². The molecule has 0 saturated heterocycles. The molecule has 0 aromatic rings. The summed E-state index contributed by atoms with van der Waals surface area (Å²) >= 11 is 0. The Kier molecular flexibility index (Phi) is 3.94. The first-order valence-electron chi connectivity index (χ1n) is 4.52. The van der Waals surface area contributed by atoms with Gasteiger partial charge in [0.15, 0.2) is 0 Å². The summed E-state index contributed by atoms with van der Waals surface area (Å²) in [5.41, 5.74) is -0.289. The van der Waals surface area contributed by atoms with Crippen LogP contribution in [0, 0.1) is 0 Å². The summed E-state index contributed by atoms with van der Waals surface area (Å²) in [4.78, 5) is 0. The van der Waals surface area contributed by atoms with Gasteiger partial charge in [-0.25, -0.2) is 0 Å². The van der Waals surface area contributed by atoms with Crippen molar-refractivity contribution >= 4 is 8.07 Å². The Bertz CT molecular complexity index is 138. The van der Waals surface area contributed by atoms with Crippen LogP contribution < -0.4 is 0 Å². The normalized spacial score (nSPS) is 16.2. The van der Waals surface area contributed by atoms with E-state index in [1.54, 1.807) is 0 Å². The quantitative estimate of drug-likeness (QED) is 0.666. The van der Waals surface area contributed by atoms with Crippen LogP contribution in [0.2, 0.25) is 18.1 Å². The Morgan fingerprint density at radius 2 is 1.67 bits per heavy atom. The van der Waals surface area contributed by atoms with Crippen LogP contribution in [0.25, 0.3) is 0 Å². The summed E-state index contributed by atoms with van der Waals surface area (Å²) in [6, 6.07) is 0. The summed E-state index contributed by atoms with van der Waals surface area (Å²) in [5, 5.41) is 18.7. The van der Waals surface area contributed by atoms with Gasteiger partial charge in [0.2, 0.25) is 0 Å². The van der Waals surface area contributed by atoms with Gasteiger partial charge in [0.05, 0.1) is 8.07 Å². The average Bonchev–Trinajstić information content (AvgIpc) is 1.85. The van der Waals surface area contributed by atoms with Crippen molar-refractivity contribution in [3.8, 4) is 0 Å². The van der Waals surface area contributed by atoms with E-state index in [1.807, 2.05) is 0 Å². The zero-order valence-electron chi connectivity index (χ0n) is 8.89. The second-order valence-electron chi connectivity index (χ2n) is 5.00. The van der Waals surface area contributed by atoms with Crippen molar-refractivity contribution in [1.82, 2.24) is 0 Å². The Labute approximate surface area is 76.6 Å². The summed E-state index contributed by atoms with van der Waals surface area (Å²) in [5.74, 6) is 0. The summed E-state index contributed by atoms with van der Waals surface area (Å²) in [7, 11) is -1.63. The van der Waals surface area contributed by atoms with Gasteiger partial charge < -0.3 is 10.2 Å². The molecule has 0 saturated carbocycles. The van der Waals surface area contributed by atoms with E-state index in [4.69, 9.17) is 5.11 Å². The lowest BCUT2D eigenvalue weighted by Crippen LogP contribution is -2.49. The number of hydrogen-bond acceptors (Lipinski definition) is 2. The fourth-order valence-corrected chi connectivity index (χ4v) is 2.83. The van der Waals surface area contributed by atoms with E-state index in [9.17, 15) is 5.11 Å². The lowest BCUT2D eigenvalue weighted by atomic mass is 10.2. The highest BCUT2D eigenvalue weighted by atomic mass is 28.3. The maximum Gasteiger partial charge on any atom is 0.0865 e. The SMILES string of the molecule is CC(C)(C)[Si](C)(C)C(O)CCO. The van der Waals surface area contributed by atoms with Crippen LogP contribution >= 0.6 is 0 Å². The van der Waals surface area contributed by atoms with E-state index in [-0.39, 0.29) is 17.4 Å². The molecule has 0 radical (unpaired) electrons. The molecule has 0 heterocycles. The van der Waals surface area contributed by atoms with Gasteiger partial charge in [-0.3, -0.25) is 0 Å². The molecule has 0 spiro atoms. The van der Waals surface area contributed by atoms with Crippen LogP contribution in [0.15, 0.2) is 0 Å². The Morgan fingerprint density at radius 1 is 1.25 bits per heavy atom. The Morgan fingerprint density at radius 3 is 1.92 bits per heavy atom. The van der Waals surface area contributed by atoms with Gasteiger partial charge in [0, 0.05) is 12.3 Å². The van der Waals surface area contributed by atoms with Gasteiger partial charge >= 0.3 is 0 Å². The fraction of sp³-hybridized carbons (Fsp3) is 1.00. The lowest BCUT2D eigenvalue weighted by Gasteiger charge is -2.40. The molecule has 0 amide bonds. The minimum atomic E-state index is -1.63. The van der Waals surface area contributed by atoms with Crippen molar-refractivity contribution in [3.63, 3.8) is 0 Å². The number of rotatable bonds is 3. The molecule has 0 aromatic heterocycles. The molecule has 2 N–H and O–H groups in total. The van der Waals surface area contributed by atoms with Crippen LogP contribution in [0.3, 0.4) is 0 Å². The molecule has 12 heavy (non-hydrogen) atoms. The summed E-state index contributed by atoms with van der Waals surface area (Å²) < 4.78 is 0. The highest BCUT2D eigenvalue weighted by Gasteiger charge is 2.40. The molecule has 0 aromatic carbocycles. The fourth-order valence-electron chi connectivity index (χ4n) is 0.983. The van der Waals surface area contributed by atoms with E-state index in [0.29, 0.717) is 6.42 Å². The van der Waals surface area contributed by atoms with Gasteiger partial charge in [-0.2, -0.15) is 0 Å². The van der Waals surface area contributed by atoms with Crippen LogP contribution in [0.5, 0.6) is 0 Å². The molecule has 0 aliphatic carbocycles. The first-order valence-corrected chi connectivity index (χ1v) is 7.60. The van der Waals surface area contributed by atoms with Gasteiger partial charge in [-0.05, 0) is 11.5 Å². The average molecular weight is 190 g/mol. The third kappa shape index (κ3) is 2.57. The standard InChI is InChI=1S/C9H22O2Si/c1-9(2,3)12(4,5)8(11)6-7-10/h8,10-11H,6-7H2,1-5H3. The molecule has 2 nitrogen and oxygen atoms in total. The largest absolute Gasteiger partial charge is 0.396 e. The summed E-state index contributed by atoms with van der Waals surface area (Å²) in [6.45, 7) is 10.9. The van der Waals surface area contributed by atoms with Crippen LogP contribution in [-0.2, 0) is 0 Å². The second-order valence-corrected chi connectivity index (χ2v) is 10.6. The maximum atomic E-state index is 9.81. The first-order chi connectivity index (χ1) is 5.23. The lowest BCUT2D eigenvalue weighted by molar-refractivity contribution is 0.181. The Balaban J connectivity index is 4.38. The van der Waals surface area contributed by atoms with Crippen molar-refractivity contribution in [1.29, 1.82) is 0 Å². The van der Waals surface area contributed by atoms with E-state index >= 15 is 0 Å². The molecule has 74 valence electrons. The first kappa shape index (κ1) is 12.1. The summed E-state index contributed by atoms with van der Waals surface area (Å²) in [6.07, 6.45) is 0.524. The molecule has 3 heteroatoms. The zero-order valence-corrected chi connectivity index (χ0v) is 9.89. The van der Waals surface area contributed by atoms with Crippen molar-refractivity contribution in [2.75, 3.05) is 6.61 Å². The maximum absolute atomic E-state index is 9.81. The van der Waals surface area contributed by atoms with E-state index in [1.165, 1.54) is 0 Å². The Hall–Kier alpha value is 0.137. The number of aliphatic hydroxyl groups is 2. The minimum Gasteiger partial charge on any atom is -0.396 e. The second kappa shape index (κ2) is 3.90. The van der Waals surface area contributed by atoms with Crippen LogP contribution in [0.1, 0.15) is 27.2 Å². The number of aliphatic hydroxyl groups excluding tert-OH is 2. The molecular formula is C9H22O2Si. The number of hydrogen-bond donors (Lipinski definition) is 2. The predicted octanol–water partition coefficient (Wildman–Crippen LogP) is 1.78. The molecular weight excluding hydrogens is 168 g/mol. The zero-order chi connectivity index (χ0) is 9.99. The topological polar surface area (TPSA) is 40.5 Å². The van der Waals surface area contributed by atoms with E-state index in [2.05, 4.69) is 33.9 Å². The smallest absolute Gasteiger partial charge is 0.0865 e. The third-order valence-corrected chi connectivity index (χ3v) is 8.99. The molecule has 1 atom stereocenters. The molecule has 0 fully saturated rings. The minimum absolute atomic E-state index is 0.0909. The molecule has 0 aliphatic rings.